The summed E-state index contributed by atoms with van der Waals surface area (Å²) in [5.74, 6) is -2.72. The van der Waals surface area contributed by atoms with Gasteiger partial charge in [0.15, 0.2) is 17.5 Å². The molecule has 2 bridgehead atoms. The van der Waals surface area contributed by atoms with E-state index in [4.69, 9.17) is 4.74 Å². The number of carbonyl (C=O) groups excluding carboxylic acids is 2. The molecule has 1 spiro atoms. The maximum Gasteiger partial charge on any atom is 0.334 e. The molecule has 176 valence electrons. The molecule has 0 heterocycles. The highest BCUT2D eigenvalue weighted by Gasteiger charge is 2.81. The molecule has 0 aliphatic heterocycles. The first-order chi connectivity index (χ1) is 14.8. The van der Waals surface area contributed by atoms with Gasteiger partial charge in [-0.2, -0.15) is 0 Å². The van der Waals surface area contributed by atoms with E-state index in [9.17, 15) is 30.0 Å². The summed E-state index contributed by atoms with van der Waals surface area (Å²) < 4.78 is 5.69. The smallest absolute Gasteiger partial charge is 0.334 e. The highest BCUT2D eigenvalue weighted by atomic mass is 16.6. The molecule has 0 aromatic carbocycles. The summed E-state index contributed by atoms with van der Waals surface area (Å²) >= 11 is 0. The van der Waals surface area contributed by atoms with Crippen LogP contribution in [0.4, 0.5) is 0 Å². The van der Waals surface area contributed by atoms with Gasteiger partial charge in [0.2, 0.25) is 0 Å². The number of aliphatic hydroxyl groups is 4. The number of esters is 1. The maximum atomic E-state index is 14.2. The predicted molar refractivity (Wildman–Crippen MR) is 116 cm³/mol. The summed E-state index contributed by atoms with van der Waals surface area (Å²) in [5.41, 5.74) is -4.55. The van der Waals surface area contributed by atoms with Gasteiger partial charge < -0.3 is 25.2 Å². The van der Waals surface area contributed by atoms with Crippen molar-refractivity contribution >= 4 is 11.8 Å². The second-order valence-electron chi connectivity index (χ2n) is 10.8. The molecule has 7 nitrogen and oxygen atoms in total. The molecule has 6 unspecified atom stereocenters. The van der Waals surface area contributed by atoms with Gasteiger partial charge in [-0.05, 0) is 44.3 Å². The molecule has 4 rings (SSSR count). The number of ether oxygens (including phenoxy) is 1. The minimum atomic E-state index is -2.21. The molecular formula is C25H34O7. The van der Waals surface area contributed by atoms with Crippen LogP contribution >= 0.6 is 0 Å². The molecule has 2 fully saturated rings. The van der Waals surface area contributed by atoms with E-state index >= 15 is 0 Å². The second kappa shape index (κ2) is 6.86. The number of carbonyl (C=O) groups is 2. The monoisotopic (exact) mass is 446 g/mol. The Morgan fingerprint density at radius 2 is 1.94 bits per heavy atom. The standard InChI is InChI=1S/C25H34O7/c1-7-12(2)21(29)32-20-13(3)9-23-14(4)10-24(30)17(22(24,5)6)16(19(23)28)8-15(11-26)18(27)25(20,23)31/h7-9,14,16-18,20,26-27,30-31H,10-11H2,1-6H3/b12-7+/t14-,16?,17?,18?,20?,23?,24+,25?/m1/s1. The minimum absolute atomic E-state index is 0.0961. The van der Waals surface area contributed by atoms with Gasteiger partial charge in [0, 0.05) is 22.8 Å². The third kappa shape index (κ3) is 2.45. The molecule has 4 aliphatic carbocycles. The minimum Gasteiger partial charge on any atom is -0.451 e. The lowest BCUT2D eigenvalue weighted by atomic mass is 9.59. The molecule has 0 radical (unpaired) electrons. The molecule has 7 heteroatoms. The van der Waals surface area contributed by atoms with Gasteiger partial charge in [0.05, 0.1) is 17.6 Å². The van der Waals surface area contributed by atoms with E-state index < -0.39 is 64.6 Å². The third-order valence-electron chi connectivity index (χ3n) is 9.04. The van der Waals surface area contributed by atoms with E-state index in [1.54, 1.807) is 39.8 Å². The number of hydrogen-bond acceptors (Lipinski definition) is 7. The van der Waals surface area contributed by atoms with Crippen LogP contribution in [-0.2, 0) is 14.3 Å². The third-order valence-corrected chi connectivity index (χ3v) is 9.04. The van der Waals surface area contributed by atoms with Crippen LogP contribution in [0.1, 0.15) is 48.0 Å². The van der Waals surface area contributed by atoms with Crippen LogP contribution < -0.4 is 0 Å². The Kier molecular flexibility index (Phi) is 5.00. The van der Waals surface area contributed by atoms with Gasteiger partial charge in [0.1, 0.15) is 6.10 Å². The van der Waals surface area contributed by atoms with Crippen molar-refractivity contribution in [3.63, 3.8) is 0 Å². The summed E-state index contributed by atoms with van der Waals surface area (Å²) in [5, 5.41) is 45.2. The van der Waals surface area contributed by atoms with Crippen LogP contribution in [0.3, 0.4) is 0 Å². The molecule has 0 aromatic rings. The highest BCUT2D eigenvalue weighted by Crippen LogP contribution is 2.73. The number of rotatable bonds is 3. The average molecular weight is 447 g/mol. The molecule has 0 amide bonds. The Bertz CT molecular complexity index is 975. The van der Waals surface area contributed by atoms with Crippen LogP contribution in [0.2, 0.25) is 0 Å². The maximum absolute atomic E-state index is 14.2. The van der Waals surface area contributed by atoms with E-state index in [2.05, 4.69) is 0 Å². The number of Topliss-reactive ketones (excluding diaryl/α,β-unsaturated/α-hetero) is 1. The molecule has 2 saturated carbocycles. The van der Waals surface area contributed by atoms with Crippen LogP contribution in [0, 0.1) is 28.6 Å². The van der Waals surface area contributed by atoms with Gasteiger partial charge in [-0.1, -0.05) is 39.0 Å². The van der Waals surface area contributed by atoms with Crippen molar-refractivity contribution in [3.05, 3.63) is 34.9 Å². The Hall–Kier alpha value is -1.80. The number of aliphatic hydroxyl groups excluding tert-OH is 2. The lowest BCUT2D eigenvalue weighted by Gasteiger charge is -2.49. The van der Waals surface area contributed by atoms with E-state index in [0.717, 1.165) is 0 Å². The largest absolute Gasteiger partial charge is 0.451 e. The molecular weight excluding hydrogens is 412 g/mol. The average Bonchev–Trinajstić information content (AvgIpc) is 3.10. The normalized spacial score (nSPS) is 46.9. The first-order valence-electron chi connectivity index (χ1n) is 11.3. The lowest BCUT2D eigenvalue weighted by molar-refractivity contribution is -0.202. The van der Waals surface area contributed by atoms with Gasteiger partial charge >= 0.3 is 5.97 Å². The molecule has 8 atom stereocenters. The van der Waals surface area contributed by atoms with Crippen LogP contribution in [0.15, 0.2) is 34.9 Å². The molecule has 0 aromatic heterocycles. The lowest BCUT2D eigenvalue weighted by Crippen LogP contribution is -2.66. The molecule has 32 heavy (non-hydrogen) atoms. The van der Waals surface area contributed by atoms with Crippen molar-refractivity contribution < 1.29 is 34.8 Å². The van der Waals surface area contributed by atoms with Crippen molar-refractivity contribution in [2.24, 2.45) is 28.6 Å². The SMILES string of the molecule is C/C=C(\C)C(=O)OC1C(C)=CC23C(=O)C(C=C(CO)C(O)C12O)C1C(C)(C)[C@]1(O)C[C@H]3C. The van der Waals surface area contributed by atoms with Gasteiger partial charge in [-0.25, -0.2) is 4.79 Å². The van der Waals surface area contributed by atoms with E-state index in [0.29, 0.717) is 11.1 Å². The predicted octanol–water partition coefficient (Wildman–Crippen LogP) is 1.45. The number of fused-ring (bicyclic) bond motifs is 3. The Morgan fingerprint density at radius 1 is 1.31 bits per heavy atom. The zero-order valence-corrected chi connectivity index (χ0v) is 19.5. The highest BCUT2D eigenvalue weighted by molar-refractivity contribution is 5.96. The first kappa shape index (κ1) is 23.4. The molecule has 4 N–H and O–H groups in total. The van der Waals surface area contributed by atoms with Crippen LogP contribution in [0.25, 0.3) is 0 Å². The quantitative estimate of drug-likeness (QED) is 0.294. The number of allylic oxidation sites excluding steroid dienone is 2. The number of hydrogen-bond donors (Lipinski definition) is 4. The van der Waals surface area contributed by atoms with Crippen molar-refractivity contribution in [2.45, 2.75) is 71.4 Å². The van der Waals surface area contributed by atoms with Crippen LogP contribution in [-0.4, -0.2) is 62.2 Å². The van der Waals surface area contributed by atoms with Crippen molar-refractivity contribution in [3.8, 4) is 0 Å². The summed E-state index contributed by atoms with van der Waals surface area (Å²) in [4.78, 5) is 26.8. The van der Waals surface area contributed by atoms with Gasteiger partial charge in [-0.15, -0.1) is 0 Å². The Morgan fingerprint density at radius 3 is 2.50 bits per heavy atom. The van der Waals surface area contributed by atoms with Crippen molar-refractivity contribution in [1.82, 2.24) is 0 Å². The second-order valence-corrected chi connectivity index (χ2v) is 10.8. The molecule has 0 saturated heterocycles. The van der Waals surface area contributed by atoms with E-state index in [1.165, 1.54) is 6.08 Å². The number of ketones is 1. The summed E-state index contributed by atoms with van der Waals surface area (Å²) in [6.45, 7) is 9.98. The van der Waals surface area contributed by atoms with Gasteiger partial charge in [-0.3, -0.25) is 4.79 Å². The zero-order chi connectivity index (χ0) is 24.0. The fourth-order valence-electron chi connectivity index (χ4n) is 7.01. The fraction of sp³-hybridized carbons (Fsp3) is 0.680. The fourth-order valence-corrected chi connectivity index (χ4v) is 7.01. The zero-order valence-electron chi connectivity index (χ0n) is 19.5. The summed E-state index contributed by atoms with van der Waals surface area (Å²) in [6, 6.07) is 0. The summed E-state index contributed by atoms with van der Waals surface area (Å²) in [7, 11) is 0. The first-order valence-corrected chi connectivity index (χ1v) is 11.3. The topological polar surface area (TPSA) is 124 Å². The van der Waals surface area contributed by atoms with E-state index in [1.807, 2.05) is 13.8 Å². The van der Waals surface area contributed by atoms with Crippen LogP contribution in [0.5, 0.6) is 0 Å². The van der Waals surface area contributed by atoms with Crippen molar-refractivity contribution in [2.75, 3.05) is 6.61 Å². The Labute approximate surface area is 188 Å². The van der Waals surface area contributed by atoms with E-state index in [-0.39, 0.29) is 17.8 Å². The molecule has 4 aliphatic rings. The Balaban J connectivity index is 1.94. The summed E-state index contributed by atoms with van der Waals surface area (Å²) in [6.07, 6.45) is 2.08. The van der Waals surface area contributed by atoms with Crippen molar-refractivity contribution in [1.29, 1.82) is 0 Å². The van der Waals surface area contributed by atoms with Gasteiger partial charge in [0.25, 0.3) is 0 Å².